The van der Waals surface area contributed by atoms with E-state index >= 15 is 0 Å². The van der Waals surface area contributed by atoms with Crippen LogP contribution in [0.4, 0.5) is 4.39 Å². The summed E-state index contributed by atoms with van der Waals surface area (Å²) >= 11 is 6.29. The normalized spacial score (nSPS) is 10.6. The van der Waals surface area contributed by atoms with Crippen LogP contribution in [0.1, 0.15) is 5.56 Å². The highest BCUT2D eigenvalue weighted by molar-refractivity contribution is 6.33. The summed E-state index contributed by atoms with van der Waals surface area (Å²) in [5.41, 5.74) is 4.01. The molecular formula is C24H16ClFNO. The topological polar surface area (TPSA) is 22.1 Å². The number of nitrogens with zero attached hydrogens (tertiary/aromatic N) is 1. The molecule has 0 saturated carbocycles. The molecule has 4 heteroatoms. The number of halogens is 2. The van der Waals surface area contributed by atoms with Crippen LogP contribution in [0.5, 0.6) is 5.75 Å². The second-order valence-electron chi connectivity index (χ2n) is 6.22. The molecule has 1 heterocycles. The smallest absolute Gasteiger partial charge is 0.134 e. The van der Waals surface area contributed by atoms with E-state index in [2.05, 4.69) is 11.1 Å². The lowest BCUT2D eigenvalue weighted by Gasteiger charge is -2.13. The monoisotopic (exact) mass is 388 g/mol. The Labute approximate surface area is 168 Å². The van der Waals surface area contributed by atoms with Gasteiger partial charge in [0.2, 0.25) is 0 Å². The highest BCUT2D eigenvalue weighted by Gasteiger charge is 2.10. The zero-order valence-corrected chi connectivity index (χ0v) is 15.7. The summed E-state index contributed by atoms with van der Waals surface area (Å²) in [7, 11) is 0. The maximum Gasteiger partial charge on any atom is 0.134 e. The fraction of sp³-hybridized carbons (Fsp3) is 0.0417. The van der Waals surface area contributed by atoms with Crippen molar-refractivity contribution in [3.63, 3.8) is 0 Å². The third-order valence-electron chi connectivity index (χ3n) is 4.41. The van der Waals surface area contributed by atoms with Gasteiger partial charge in [0.15, 0.2) is 0 Å². The number of hydrogen-bond donors (Lipinski definition) is 0. The van der Waals surface area contributed by atoms with Crippen molar-refractivity contribution < 1.29 is 9.13 Å². The lowest BCUT2D eigenvalue weighted by atomic mass is 10.0. The maximum absolute atomic E-state index is 14.5. The second-order valence-corrected chi connectivity index (χ2v) is 6.63. The molecule has 0 amide bonds. The molecule has 0 spiro atoms. The van der Waals surface area contributed by atoms with Gasteiger partial charge >= 0.3 is 0 Å². The standard InChI is InChI=1S/C24H16ClFNO/c25-23-15-27-13-12-22(23)20-9-5-4-8-18(20)16-28-19-10-11-21(24(26)14-19)17-6-2-1-3-7-17/h1-6,8-15H,16H2. The van der Waals surface area contributed by atoms with Gasteiger partial charge in [0.25, 0.3) is 0 Å². The predicted molar refractivity (Wildman–Crippen MR) is 110 cm³/mol. The van der Waals surface area contributed by atoms with E-state index in [0.29, 0.717) is 28.5 Å². The first-order valence-electron chi connectivity index (χ1n) is 8.79. The zero-order chi connectivity index (χ0) is 19.3. The van der Waals surface area contributed by atoms with E-state index in [4.69, 9.17) is 16.3 Å². The molecule has 4 rings (SSSR count). The molecule has 3 aromatic carbocycles. The van der Waals surface area contributed by atoms with Crippen LogP contribution < -0.4 is 4.74 Å². The Morgan fingerprint density at radius 3 is 2.57 bits per heavy atom. The van der Waals surface area contributed by atoms with Crippen LogP contribution in [0.3, 0.4) is 0 Å². The summed E-state index contributed by atoms with van der Waals surface area (Å²) in [6.07, 6.45) is 3.32. The zero-order valence-electron chi connectivity index (χ0n) is 14.9. The van der Waals surface area contributed by atoms with Gasteiger partial charge in [0.05, 0.1) is 5.02 Å². The Morgan fingerprint density at radius 1 is 0.929 bits per heavy atom. The highest BCUT2D eigenvalue weighted by atomic mass is 35.5. The third-order valence-corrected chi connectivity index (χ3v) is 4.72. The molecular weight excluding hydrogens is 373 g/mol. The van der Waals surface area contributed by atoms with Crippen molar-refractivity contribution in [2.24, 2.45) is 0 Å². The molecule has 0 N–H and O–H groups in total. The molecule has 0 bridgehead atoms. The van der Waals surface area contributed by atoms with Crippen LogP contribution in [0.2, 0.25) is 5.02 Å². The average molecular weight is 389 g/mol. The van der Waals surface area contributed by atoms with Crippen molar-refractivity contribution in [2.45, 2.75) is 6.61 Å². The summed E-state index contributed by atoms with van der Waals surface area (Å²) in [6, 6.07) is 24.9. The van der Waals surface area contributed by atoms with E-state index in [0.717, 1.165) is 16.7 Å². The van der Waals surface area contributed by atoms with Crippen LogP contribution in [0, 0.1) is 11.9 Å². The lowest BCUT2D eigenvalue weighted by Crippen LogP contribution is -1.99. The number of benzene rings is 3. The van der Waals surface area contributed by atoms with Gasteiger partial charge in [0.1, 0.15) is 18.2 Å². The van der Waals surface area contributed by atoms with Crippen LogP contribution >= 0.6 is 11.6 Å². The van der Waals surface area contributed by atoms with Crippen LogP contribution in [-0.4, -0.2) is 4.98 Å². The number of rotatable bonds is 5. The molecule has 0 aliphatic carbocycles. The first-order chi connectivity index (χ1) is 13.7. The lowest BCUT2D eigenvalue weighted by molar-refractivity contribution is 0.305. The first kappa shape index (κ1) is 18.2. The maximum atomic E-state index is 14.5. The van der Waals surface area contributed by atoms with Gasteiger partial charge in [-0.2, -0.15) is 0 Å². The second kappa shape index (κ2) is 8.24. The molecule has 1 radical (unpaired) electrons. The van der Waals surface area contributed by atoms with Gasteiger partial charge in [-0.25, -0.2) is 4.39 Å². The molecule has 0 fully saturated rings. The van der Waals surface area contributed by atoms with Gasteiger partial charge in [-0.15, -0.1) is 0 Å². The molecule has 0 saturated heterocycles. The van der Waals surface area contributed by atoms with Crippen molar-refractivity contribution in [3.05, 3.63) is 108 Å². The summed E-state index contributed by atoms with van der Waals surface area (Å²) in [5, 5.41) is 0.574. The molecule has 137 valence electrons. The summed E-state index contributed by atoms with van der Waals surface area (Å²) in [5.74, 6) is 0.123. The minimum absolute atomic E-state index is 0.297. The quantitative estimate of drug-likeness (QED) is 0.385. The highest BCUT2D eigenvalue weighted by Crippen LogP contribution is 2.31. The Kier molecular flexibility index (Phi) is 5.36. The van der Waals surface area contributed by atoms with Crippen LogP contribution in [0.15, 0.2) is 85.2 Å². The Morgan fingerprint density at radius 2 is 1.79 bits per heavy atom. The fourth-order valence-corrected chi connectivity index (χ4v) is 3.25. The fourth-order valence-electron chi connectivity index (χ4n) is 3.03. The van der Waals surface area contributed by atoms with E-state index in [1.165, 1.54) is 6.07 Å². The Bertz CT molecular complexity index is 1100. The van der Waals surface area contributed by atoms with Crippen molar-refractivity contribution in [1.82, 2.24) is 4.98 Å². The van der Waals surface area contributed by atoms with Gasteiger partial charge in [0, 0.05) is 29.6 Å². The molecule has 2 nitrogen and oxygen atoms in total. The summed E-state index contributed by atoms with van der Waals surface area (Å²) < 4.78 is 20.4. The minimum atomic E-state index is -0.342. The van der Waals surface area contributed by atoms with Gasteiger partial charge in [-0.1, -0.05) is 60.1 Å². The average Bonchev–Trinajstić information content (AvgIpc) is 2.74. The molecule has 0 aliphatic heterocycles. The van der Waals surface area contributed by atoms with E-state index < -0.39 is 0 Å². The molecule has 0 unspecified atom stereocenters. The van der Waals surface area contributed by atoms with Gasteiger partial charge < -0.3 is 4.74 Å². The number of pyridine rings is 1. The van der Waals surface area contributed by atoms with E-state index in [-0.39, 0.29) is 5.82 Å². The third kappa shape index (κ3) is 3.90. The Hall–Kier alpha value is -3.17. The van der Waals surface area contributed by atoms with Crippen molar-refractivity contribution >= 4 is 11.6 Å². The SMILES string of the molecule is Fc1cc(OCc2ccccc2-c2ccncc2Cl)ccc1-c1[c]cccc1. The minimum Gasteiger partial charge on any atom is -0.489 e. The predicted octanol–water partition coefficient (Wildman–Crippen LogP) is 6.59. The molecule has 0 aliphatic rings. The molecule has 1 aromatic heterocycles. The van der Waals surface area contributed by atoms with Crippen molar-refractivity contribution in [2.75, 3.05) is 0 Å². The largest absolute Gasteiger partial charge is 0.489 e. The van der Waals surface area contributed by atoms with E-state index in [1.54, 1.807) is 30.6 Å². The summed E-state index contributed by atoms with van der Waals surface area (Å²) in [6.45, 7) is 0.297. The molecule has 0 atom stereocenters. The molecule has 4 aromatic rings. The summed E-state index contributed by atoms with van der Waals surface area (Å²) in [4.78, 5) is 4.03. The van der Waals surface area contributed by atoms with Crippen LogP contribution in [0.25, 0.3) is 22.3 Å². The van der Waals surface area contributed by atoms with Gasteiger partial charge in [-0.3, -0.25) is 4.98 Å². The number of hydrogen-bond acceptors (Lipinski definition) is 2. The van der Waals surface area contributed by atoms with Gasteiger partial charge in [-0.05, 0) is 41.0 Å². The van der Waals surface area contributed by atoms with Crippen LogP contribution in [-0.2, 0) is 6.61 Å². The number of aromatic nitrogens is 1. The first-order valence-corrected chi connectivity index (χ1v) is 9.17. The van der Waals surface area contributed by atoms with Crippen molar-refractivity contribution in [3.8, 4) is 28.0 Å². The molecule has 28 heavy (non-hydrogen) atoms. The van der Waals surface area contributed by atoms with E-state index in [9.17, 15) is 4.39 Å². The Balaban J connectivity index is 1.56. The van der Waals surface area contributed by atoms with Crippen molar-refractivity contribution in [1.29, 1.82) is 0 Å². The number of ether oxygens (including phenoxy) is 1. The van der Waals surface area contributed by atoms with E-state index in [1.807, 2.05) is 48.5 Å².